The van der Waals surface area contributed by atoms with Gasteiger partial charge in [-0.15, -0.1) is 0 Å². The molecule has 5 rings (SSSR count). The highest BCUT2D eigenvalue weighted by Gasteiger charge is 2.53. The first-order valence-electron chi connectivity index (χ1n) is 17.7. The van der Waals surface area contributed by atoms with Crippen molar-refractivity contribution in [3.8, 4) is 0 Å². The molecule has 0 aliphatic rings. The van der Waals surface area contributed by atoms with Crippen LogP contribution in [0.4, 0.5) is 0 Å². The second-order valence-electron chi connectivity index (χ2n) is 15.6. The van der Waals surface area contributed by atoms with Crippen molar-refractivity contribution in [2.75, 3.05) is 13.2 Å². The van der Waals surface area contributed by atoms with Crippen molar-refractivity contribution in [2.24, 2.45) is 0 Å². The fourth-order valence-electron chi connectivity index (χ4n) is 7.25. The number of benzene rings is 5. The third-order valence-corrected chi connectivity index (χ3v) is 19.8. The van der Waals surface area contributed by atoms with E-state index in [1.165, 1.54) is 20.7 Å². The molecule has 50 heavy (non-hydrogen) atoms. The molecule has 0 fully saturated rings. The number of rotatable bonds is 14. The van der Waals surface area contributed by atoms with Gasteiger partial charge >= 0.3 is 0 Å². The zero-order valence-electron chi connectivity index (χ0n) is 30.8. The standard InChI is InChI=1S/C44H54O4Si2/c1-42(2,3)49(37-25-15-9-16-26-37,38-27-17-10-18-28-38)47-34-41(46-33-36-23-13-8-14-24-36)44(7,45)35-48-50(43(4,5)6,39-29-19-11-20-30-39)40-31-21-12-22-32-40/h8-32,41,45H,33-35H2,1-7H3/t41-,44-/m0/s1. The summed E-state index contributed by atoms with van der Waals surface area (Å²) >= 11 is 0. The van der Waals surface area contributed by atoms with Gasteiger partial charge < -0.3 is 18.7 Å². The number of aliphatic hydroxyl groups is 1. The predicted molar refractivity (Wildman–Crippen MR) is 213 cm³/mol. The van der Waals surface area contributed by atoms with Crippen molar-refractivity contribution in [2.45, 2.75) is 76.9 Å². The zero-order chi connectivity index (χ0) is 35.9. The van der Waals surface area contributed by atoms with Crippen LogP contribution in [0, 0.1) is 0 Å². The van der Waals surface area contributed by atoms with Gasteiger partial charge in [0.1, 0.15) is 11.7 Å². The molecule has 4 nitrogen and oxygen atoms in total. The van der Waals surface area contributed by atoms with E-state index in [0.717, 1.165) is 5.56 Å². The summed E-state index contributed by atoms with van der Waals surface area (Å²) in [6, 6.07) is 52.4. The van der Waals surface area contributed by atoms with Gasteiger partial charge in [-0.25, -0.2) is 0 Å². The van der Waals surface area contributed by atoms with Crippen LogP contribution in [-0.4, -0.2) is 46.7 Å². The second kappa shape index (κ2) is 15.7. The number of ether oxygens (including phenoxy) is 1. The lowest BCUT2D eigenvalue weighted by Crippen LogP contribution is -2.69. The third kappa shape index (κ3) is 7.97. The van der Waals surface area contributed by atoms with E-state index in [2.05, 4.69) is 151 Å². The summed E-state index contributed by atoms with van der Waals surface area (Å²) < 4.78 is 21.4. The van der Waals surface area contributed by atoms with Gasteiger partial charge in [-0.3, -0.25) is 0 Å². The monoisotopic (exact) mass is 702 g/mol. The summed E-state index contributed by atoms with van der Waals surface area (Å²) in [5, 5.41) is 16.9. The third-order valence-electron chi connectivity index (χ3n) is 9.85. The highest BCUT2D eigenvalue weighted by atomic mass is 28.4. The van der Waals surface area contributed by atoms with E-state index in [-0.39, 0.29) is 23.3 Å². The lowest BCUT2D eigenvalue weighted by Gasteiger charge is -2.46. The molecular formula is C44H54O4Si2. The van der Waals surface area contributed by atoms with Gasteiger partial charge in [-0.05, 0) is 43.3 Å². The summed E-state index contributed by atoms with van der Waals surface area (Å²) in [5.74, 6) is 0. The Morgan fingerprint density at radius 3 is 1.14 bits per heavy atom. The van der Waals surface area contributed by atoms with E-state index < -0.39 is 28.3 Å². The van der Waals surface area contributed by atoms with Crippen LogP contribution < -0.4 is 20.7 Å². The summed E-state index contributed by atoms with van der Waals surface area (Å²) in [7, 11) is -5.85. The van der Waals surface area contributed by atoms with Gasteiger partial charge in [0.25, 0.3) is 16.6 Å². The molecule has 0 radical (unpaired) electrons. The van der Waals surface area contributed by atoms with E-state index in [4.69, 9.17) is 13.6 Å². The Bertz CT molecular complexity index is 1660. The van der Waals surface area contributed by atoms with Crippen LogP contribution >= 0.6 is 0 Å². The fourth-order valence-corrected chi connectivity index (χ4v) is 16.5. The van der Waals surface area contributed by atoms with Gasteiger partial charge in [0.05, 0.1) is 19.8 Å². The van der Waals surface area contributed by atoms with E-state index in [0.29, 0.717) is 6.61 Å². The molecule has 0 heterocycles. The number of hydrogen-bond acceptors (Lipinski definition) is 4. The van der Waals surface area contributed by atoms with E-state index in [9.17, 15) is 5.11 Å². The minimum absolute atomic E-state index is 0.0733. The smallest absolute Gasteiger partial charge is 0.261 e. The molecule has 0 aromatic heterocycles. The summed E-state index contributed by atoms with van der Waals surface area (Å²) in [6.07, 6.45) is -0.692. The van der Waals surface area contributed by atoms with Gasteiger partial charge in [0.15, 0.2) is 0 Å². The van der Waals surface area contributed by atoms with Gasteiger partial charge in [0.2, 0.25) is 0 Å². The van der Waals surface area contributed by atoms with Crippen LogP contribution in [0.3, 0.4) is 0 Å². The minimum atomic E-state index is -2.93. The van der Waals surface area contributed by atoms with Gasteiger partial charge in [0, 0.05) is 0 Å². The van der Waals surface area contributed by atoms with E-state index in [1.807, 2.05) is 49.4 Å². The predicted octanol–water partition coefficient (Wildman–Crippen LogP) is 7.48. The Hall–Kier alpha value is -3.63. The fraction of sp³-hybridized carbons (Fsp3) is 0.318. The van der Waals surface area contributed by atoms with Gasteiger partial charge in [-0.2, -0.15) is 0 Å². The normalized spacial score (nSPS) is 14.6. The molecule has 6 heteroatoms. The van der Waals surface area contributed by atoms with E-state index >= 15 is 0 Å². The Morgan fingerprint density at radius 1 is 0.480 bits per heavy atom. The van der Waals surface area contributed by atoms with Gasteiger partial charge in [-0.1, -0.05) is 193 Å². The highest BCUT2D eigenvalue weighted by molar-refractivity contribution is 7.00. The quantitative estimate of drug-likeness (QED) is 0.122. The molecule has 2 atom stereocenters. The number of hydrogen-bond donors (Lipinski definition) is 1. The molecule has 0 aliphatic carbocycles. The van der Waals surface area contributed by atoms with Crippen LogP contribution in [0.1, 0.15) is 54.0 Å². The van der Waals surface area contributed by atoms with Crippen molar-refractivity contribution in [3.63, 3.8) is 0 Å². The minimum Gasteiger partial charge on any atom is -0.405 e. The maximum Gasteiger partial charge on any atom is 0.261 e. The molecule has 0 spiro atoms. The average Bonchev–Trinajstić information content (AvgIpc) is 3.11. The molecule has 0 aliphatic heterocycles. The van der Waals surface area contributed by atoms with Crippen molar-refractivity contribution < 1.29 is 18.7 Å². The molecule has 5 aromatic carbocycles. The van der Waals surface area contributed by atoms with E-state index in [1.54, 1.807) is 0 Å². The van der Waals surface area contributed by atoms with Crippen LogP contribution in [-0.2, 0) is 20.2 Å². The van der Waals surface area contributed by atoms with Crippen molar-refractivity contribution in [1.29, 1.82) is 0 Å². The molecule has 0 saturated carbocycles. The average molecular weight is 703 g/mol. The second-order valence-corrected chi connectivity index (χ2v) is 24.2. The Balaban J connectivity index is 1.56. The van der Waals surface area contributed by atoms with Crippen LogP contribution in [0.25, 0.3) is 0 Å². The lowest BCUT2D eigenvalue weighted by atomic mass is 10.0. The zero-order valence-corrected chi connectivity index (χ0v) is 32.8. The molecule has 0 saturated heterocycles. The van der Waals surface area contributed by atoms with Crippen molar-refractivity contribution >= 4 is 37.4 Å². The molecule has 262 valence electrons. The molecule has 0 bridgehead atoms. The lowest BCUT2D eigenvalue weighted by molar-refractivity contribution is -0.137. The summed E-state index contributed by atoms with van der Waals surface area (Å²) in [6.45, 7) is 16.0. The Kier molecular flexibility index (Phi) is 11.8. The maximum absolute atomic E-state index is 12.6. The first-order valence-corrected chi connectivity index (χ1v) is 21.5. The van der Waals surface area contributed by atoms with Crippen LogP contribution in [0.5, 0.6) is 0 Å². The Morgan fingerprint density at radius 2 is 0.800 bits per heavy atom. The first kappa shape index (κ1) is 37.6. The summed E-state index contributed by atoms with van der Waals surface area (Å²) in [5.41, 5.74) is -0.362. The van der Waals surface area contributed by atoms with Crippen LogP contribution in [0.2, 0.25) is 10.1 Å². The largest absolute Gasteiger partial charge is 0.405 e. The highest BCUT2D eigenvalue weighted by Crippen LogP contribution is 2.39. The topological polar surface area (TPSA) is 47.9 Å². The van der Waals surface area contributed by atoms with Crippen molar-refractivity contribution in [1.82, 2.24) is 0 Å². The SMILES string of the molecule is CC(C)(C)[Si](OC[C@H](OCc1ccccc1)[C@@](C)(O)CO[Si](c1ccccc1)(c1ccccc1)C(C)(C)C)(c1ccccc1)c1ccccc1. The van der Waals surface area contributed by atoms with Crippen LogP contribution in [0.15, 0.2) is 152 Å². The van der Waals surface area contributed by atoms with Crippen molar-refractivity contribution in [3.05, 3.63) is 157 Å². The molecular weight excluding hydrogens is 649 g/mol. The molecule has 1 N–H and O–H groups in total. The Labute approximate surface area is 302 Å². The summed E-state index contributed by atoms with van der Waals surface area (Å²) in [4.78, 5) is 0. The maximum atomic E-state index is 12.6. The first-order chi connectivity index (χ1) is 23.8. The molecule has 0 amide bonds. The molecule has 0 unspecified atom stereocenters. The molecule has 5 aromatic rings.